The maximum Gasteiger partial charge on any atom is 0.151 e. The third-order valence-electron chi connectivity index (χ3n) is 2.69. The van der Waals surface area contributed by atoms with Gasteiger partial charge in [0.2, 0.25) is 0 Å². The summed E-state index contributed by atoms with van der Waals surface area (Å²) < 4.78 is 3.85. The summed E-state index contributed by atoms with van der Waals surface area (Å²) in [5, 5.41) is 1.06. The van der Waals surface area contributed by atoms with Gasteiger partial charge < -0.3 is 4.40 Å². The number of halogens is 4. The molecule has 0 aliphatic heterocycles. The molecule has 3 rings (SSSR count). The molecule has 2 aromatic heterocycles. The van der Waals surface area contributed by atoms with Crippen molar-refractivity contribution in [2.24, 2.45) is 0 Å². The predicted molar refractivity (Wildman–Crippen MR) is 86.0 cm³/mol. The zero-order chi connectivity index (χ0) is 13.6. The molecular weight excluding hydrogens is 415 g/mol. The third-order valence-corrected chi connectivity index (χ3v) is 4.44. The zero-order valence-corrected chi connectivity index (χ0v) is 14.1. The number of fused-ring (bicyclic) bond motifs is 1. The number of rotatable bonds is 1. The molecule has 2 heterocycles. The van der Waals surface area contributed by atoms with E-state index >= 15 is 0 Å². The predicted octanol–water partition coefficient (Wildman–Crippen LogP) is 5.83. The lowest BCUT2D eigenvalue weighted by Gasteiger charge is -1.98. The van der Waals surface area contributed by atoms with Crippen molar-refractivity contribution in [1.29, 1.82) is 0 Å². The fourth-order valence-corrected chi connectivity index (χ4v) is 3.41. The summed E-state index contributed by atoms with van der Waals surface area (Å²) >= 11 is 18.9. The van der Waals surface area contributed by atoms with E-state index in [0.29, 0.717) is 10.0 Å². The lowest BCUT2D eigenvalue weighted by molar-refractivity contribution is 1.17. The topological polar surface area (TPSA) is 17.3 Å². The van der Waals surface area contributed by atoms with Crippen LogP contribution in [0.2, 0.25) is 10.0 Å². The molecule has 0 bridgehead atoms. The molecule has 0 saturated heterocycles. The molecule has 0 amide bonds. The van der Waals surface area contributed by atoms with Crippen LogP contribution in [0.4, 0.5) is 0 Å². The second-order valence-electron chi connectivity index (χ2n) is 3.99. The smallest absolute Gasteiger partial charge is 0.151 e. The summed E-state index contributed by atoms with van der Waals surface area (Å²) in [4.78, 5) is 4.59. The Hall–Kier alpha value is -0.550. The summed E-state index contributed by atoms with van der Waals surface area (Å²) in [6.07, 6.45) is 3.90. The van der Waals surface area contributed by atoms with Gasteiger partial charge in [-0.1, -0.05) is 29.3 Å². The van der Waals surface area contributed by atoms with E-state index in [0.717, 1.165) is 25.8 Å². The van der Waals surface area contributed by atoms with Gasteiger partial charge in [0.15, 0.2) is 5.65 Å². The van der Waals surface area contributed by atoms with E-state index in [4.69, 9.17) is 23.2 Å². The van der Waals surface area contributed by atoms with Crippen molar-refractivity contribution in [1.82, 2.24) is 9.38 Å². The highest BCUT2D eigenvalue weighted by molar-refractivity contribution is 9.11. The van der Waals surface area contributed by atoms with Gasteiger partial charge in [-0.3, -0.25) is 0 Å². The van der Waals surface area contributed by atoms with E-state index in [-0.39, 0.29) is 0 Å². The van der Waals surface area contributed by atoms with Crippen LogP contribution in [0, 0.1) is 0 Å². The summed E-state index contributed by atoms with van der Waals surface area (Å²) in [7, 11) is 0. The van der Waals surface area contributed by atoms with Gasteiger partial charge in [0.1, 0.15) is 0 Å². The second-order valence-corrected chi connectivity index (χ2v) is 6.58. The van der Waals surface area contributed by atoms with Crippen molar-refractivity contribution in [3.63, 3.8) is 0 Å². The lowest BCUT2D eigenvalue weighted by atomic mass is 10.2. The summed E-state index contributed by atoms with van der Waals surface area (Å²) in [5.74, 6) is 0. The average Bonchev–Trinajstić information content (AvgIpc) is 2.76. The first-order valence-corrected chi connectivity index (χ1v) is 7.68. The minimum absolute atomic E-state index is 0.525. The highest BCUT2D eigenvalue weighted by atomic mass is 79.9. The molecule has 0 aliphatic carbocycles. The van der Waals surface area contributed by atoms with Crippen LogP contribution >= 0.6 is 55.1 Å². The molecule has 0 unspecified atom stereocenters. The van der Waals surface area contributed by atoms with Crippen LogP contribution in [0.1, 0.15) is 0 Å². The Labute approximate surface area is 136 Å². The lowest BCUT2D eigenvalue weighted by Crippen LogP contribution is -1.83. The molecule has 0 saturated carbocycles. The number of benzene rings is 1. The first-order valence-electron chi connectivity index (χ1n) is 5.34. The molecule has 0 aliphatic rings. The van der Waals surface area contributed by atoms with Crippen molar-refractivity contribution < 1.29 is 0 Å². The Bertz CT molecular complexity index is 784. The van der Waals surface area contributed by atoms with Gasteiger partial charge in [0.05, 0.1) is 20.2 Å². The van der Waals surface area contributed by atoms with E-state index in [2.05, 4.69) is 36.8 Å². The van der Waals surface area contributed by atoms with Crippen molar-refractivity contribution in [3.05, 3.63) is 55.6 Å². The van der Waals surface area contributed by atoms with Crippen LogP contribution in [0.3, 0.4) is 0 Å². The Morgan fingerprint density at radius 2 is 1.79 bits per heavy atom. The molecule has 0 radical (unpaired) electrons. The van der Waals surface area contributed by atoms with Crippen LogP contribution in [0.5, 0.6) is 0 Å². The van der Waals surface area contributed by atoms with Crippen LogP contribution in [0.25, 0.3) is 16.9 Å². The van der Waals surface area contributed by atoms with Crippen molar-refractivity contribution in [3.8, 4) is 11.3 Å². The molecule has 1 aromatic carbocycles. The fourth-order valence-electron chi connectivity index (χ4n) is 1.82. The molecule has 3 aromatic rings. The molecule has 2 nitrogen and oxygen atoms in total. The Morgan fingerprint density at radius 1 is 1.00 bits per heavy atom. The normalized spacial score (nSPS) is 11.2. The van der Waals surface area contributed by atoms with Crippen molar-refractivity contribution >= 4 is 60.7 Å². The van der Waals surface area contributed by atoms with Crippen LogP contribution in [-0.2, 0) is 0 Å². The summed E-state index contributed by atoms with van der Waals surface area (Å²) in [5.41, 5.74) is 2.63. The quantitative estimate of drug-likeness (QED) is 0.484. The van der Waals surface area contributed by atoms with Crippen LogP contribution in [-0.4, -0.2) is 9.38 Å². The van der Waals surface area contributed by atoms with Gasteiger partial charge in [0, 0.05) is 22.4 Å². The van der Waals surface area contributed by atoms with Crippen molar-refractivity contribution in [2.45, 2.75) is 0 Å². The number of nitrogens with zero attached hydrogens (tertiary/aromatic N) is 2. The molecule has 0 atom stereocenters. The third kappa shape index (κ3) is 2.55. The number of hydrogen-bond acceptors (Lipinski definition) is 1. The Morgan fingerprint density at radius 3 is 2.53 bits per heavy atom. The number of imidazole rings is 1. The molecule has 19 heavy (non-hydrogen) atoms. The average molecular weight is 421 g/mol. The number of aromatic nitrogens is 2. The SMILES string of the molecule is Clc1ccc(-c2cn3cc(Br)cc(Br)c3n2)cc1Cl. The maximum atomic E-state index is 6.04. The molecule has 0 N–H and O–H groups in total. The minimum Gasteiger partial charge on any atom is -0.304 e. The molecule has 0 fully saturated rings. The van der Waals surface area contributed by atoms with Gasteiger partial charge in [-0.05, 0) is 50.1 Å². The monoisotopic (exact) mass is 418 g/mol. The summed E-state index contributed by atoms with van der Waals surface area (Å²) in [6, 6.07) is 7.45. The van der Waals surface area contributed by atoms with Gasteiger partial charge in [0.25, 0.3) is 0 Å². The minimum atomic E-state index is 0.525. The van der Waals surface area contributed by atoms with E-state index in [1.807, 2.05) is 35.0 Å². The summed E-state index contributed by atoms with van der Waals surface area (Å²) in [6.45, 7) is 0. The first kappa shape index (κ1) is 13.4. The standard InChI is InChI=1S/C13H6Br2Cl2N2/c14-8-4-9(15)13-18-12(6-19(13)5-8)7-1-2-10(16)11(17)3-7/h1-6H. The fraction of sp³-hybridized carbons (Fsp3) is 0. The molecular formula is C13H6Br2Cl2N2. The van der Waals surface area contributed by atoms with E-state index in [1.165, 1.54) is 0 Å². The van der Waals surface area contributed by atoms with Crippen LogP contribution < -0.4 is 0 Å². The van der Waals surface area contributed by atoms with Crippen molar-refractivity contribution in [2.75, 3.05) is 0 Å². The Kier molecular flexibility index (Phi) is 3.60. The van der Waals surface area contributed by atoms with Crippen LogP contribution in [0.15, 0.2) is 45.6 Å². The van der Waals surface area contributed by atoms with Gasteiger partial charge in [-0.15, -0.1) is 0 Å². The highest BCUT2D eigenvalue weighted by Crippen LogP contribution is 2.30. The highest BCUT2D eigenvalue weighted by Gasteiger charge is 2.09. The van der Waals surface area contributed by atoms with E-state index in [9.17, 15) is 0 Å². The van der Waals surface area contributed by atoms with E-state index < -0.39 is 0 Å². The molecule has 6 heteroatoms. The molecule has 96 valence electrons. The Balaban J connectivity index is 2.20. The molecule has 0 spiro atoms. The van der Waals surface area contributed by atoms with Gasteiger partial charge in [-0.2, -0.15) is 0 Å². The largest absolute Gasteiger partial charge is 0.304 e. The first-order chi connectivity index (χ1) is 9.04. The van der Waals surface area contributed by atoms with E-state index in [1.54, 1.807) is 6.07 Å². The number of hydrogen-bond donors (Lipinski definition) is 0. The maximum absolute atomic E-state index is 6.04. The van der Waals surface area contributed by atoms with Gasteiger partial charge >= 0.3 is 0 Å². The number of pyridine rings is 1. The second kappa shape index (κ2) is 5.09. The van der Waals surface area contributed by atoms with Gasteiger partial charge in [-0.25, -0.2) is 4.98 Å². The zero-order valence-electron chi connectivity index (χ0n) is 9.37.